The van der Waals surface area contributed by atoms with Gasteiger partial charge in [-0.25, -0.2) is 18.0 Å². The molecule has 2 aromatic heterocycles. The smallest absolute Gasteiger partial charge is 0.341 e. The number of nitrogens with one attached hydrogen (secondary N) is 2. The first kappa shape index (κ1) is 22.2. The van der Waals surface area contributed by atoms with Gasteiger partial charge in [-0.3, -0.25) is 4.79 Å². The van der Waals surface area contributed by atoms with E-state index in [0.29, 0.717) is 6.07 Å². The van der Waals surface area contributed by atoms with Gasteiger partial charge in [-0.15, -0.1) is 0 Å². The van der Waals surface area contributed by atoms with Crippen LogP contribution in [0.5, 0.6) is 5.75 Å². The first-order valence-corrected chi connectivity index (χ1v) is 9.67. The van der Waals surface area contributed by atoms with Crippen LogP contribution in [-0.4, -0.2) is 40.3 Å². The third-order valence-corrected chi connectivity index (χ3v) is 5.18. The molecule has 9 nitrogen and oxygen atoms in total. The second-order valence-corrected chi connectivity index (χ2v) is 7.34. The minimum atomic E-state index is -1.48. The number of benzene rings is 1. The molecule has 0 saturated heterocycles. The van der Waals surface area contributed by atoms with Crippen molar-refractivity contribution in [3.05, 3.63) is 51.4 Å². The summed E-state index contributed by atoms with van der Waals surface area (Å²) in [5.41, 5.74) is 3.75. The SMILES string of the molecule is CC1COc2c(NCCNc3nc(F)c(F)cc3F)c(F)c(N)c3c(=O)c(C(=O)O)cn1c23. The van der Waals surface area contributed by atoms with E-state index in [4.69, 9.17) is 10.5 Å². The van der Waals surface area contributed by atoms with Crippen molar-refractivity contribution in [2.24, 2.45) is 0 Å². The summed E-state index contributed by atoms with van der Waals surface area (Å²) < 4.78 is 62.1. The molecule has 3 aromatic rings. The number of carbonyl (C=O) groups is 1. The number of ether oxygens (including phenoxy) is 1. The number of nitrogen functional groups attached to an aromatic ring is 1. The van der Waals surface area contributed by atoms with Gasteiger partial charge in [-0.05, 0) is 6.92 Å². The van der Waals surface area contributed by atoms with Crippen molar-refractivity contribution in [2.45, 2.75) is 13.0 Å². The Bertz CT molecular complexity index is 1360. The van der Waals surface area contributed by atoms with Crippen molar-refractivity contribution < 1.29 is 32.2 Å². The highest BCUT2D eigenvalue weighted by Crippen LogP contribution is 2.43. The molecule has 0 bridgehead atoms. The Hall–Kier alpha value is -4.03. The standard InChI is InChI=1S/C20H17F4N5O4/c1-7-6-33-17-14(26-2-3-27-19-10(22)4-9(21)18(24)28-19)12(23)13(25)11-15(17)29(7)5-8(16(11)30)20(31)32/h4-5,7,26H,2-3,6,25H2,1H3,(H,27,28)(H,31,32). The molecule has 33 heavy (non-hydrogen) atoms. The largest absolute Gasteiger partial charge is 0.487 e. The van der Waals surface area contributed by atoms with Crippen LogP contribution in [0, 0.1) is 23.4 Å². The summed E-state index contributed by atoms with van der Waals surface area (Å²) in [6.07, 6.45) is 1.16. The van der Waals surface area contributed by atoms with E-state index >= 15 is 4.39 Å². The zero-order chi connectivity index (χ0) is 24.0. The molecule has 3 heterocycles. The molecule has 1 atom stereocenters. The number of halogens is 4. The predicted molar refractivity (Wildman–Crippen MR) is 111 cm³/mol. The van der Waals surface area contributed by atoms with E-state index in [2.05, 4.69) is 15.6 Å². The molecule has 13 heteroatoms. The van der Waals surface area contributed by atoms with Crippen LogP contribution >= 0.6 is 0 Å². The molecule has 0 radical (unpaired) electrons. The van der Waals surface area contributed by atoms with Crippen molar-refractivity contribution in [3.63, 3.8) is 0 Å². The van der Waals surface area contributed by atoms with E-state index in [1.54, 1.807) is 6.92 Å². The number of nitrogens with two attached hydrogens (primary N) is 1. The number of hydrogen-bond donors (Lipinski definition) is 4. The van der Waals surface area contributed by atoms with Gasteiger partial charge in [-0.1, -0.05) is 0 Å². The van der Waals surface area contributed by atoms with Crippen LogP contribution in [0.3, 0.4) is 0 Å². The maximum Gasteiger partial charge on any atom is 0.341 e. The fraction of sp³-hybridized carbons (Fsp3) is 0.250. The number of pyridine rings is 2. The molecule has 0 saturated carbocycles. The van der Waals surface area contributed by atoms with Crippen molar-refractivity contribution in [1.29, 1.82) is 0 Å². The molecular weight excluding hydrogens is 450 g/mol. The summed E-state index contributed by atoms with van der Waals surface area (Å²) in [7, 11) is 0. The van der Waals surface area contributed by atoms with Gasteiger partial charge in [-0.2, -0.15) is 9.37 Å². The monoisotopic (exact) mass is 467 g/mol. The van der Waals surface area contributed by atoms with E-state index in [0.717, 1.165) is 6.20 Å². The molecule has 0 aliphatic carbocycles. The van der Waals surface area contributed by atoms with Gasteiger partial charge in [0.15, 0.2) is 29.0 Å². The van der Waals surface area contributed by atoms with E-state index in [-0.39, 0.29) is 48.1 Å². The van der Waals surface area contributed by atoms with Crippen molar-refractivity contribution in [3.8, 4) is 5.75 Å². The van der Waals surface area contributed by atoms with Gasteiger partial charge in [0.25, 0.3) is 5.95 Å². The lowest BCUT2D eigenvalue weighted by Crippen LogP contribution is -2.28. The first-order chi connectivity index (χ1) is 15.6. The third kappa shape index (κ3) is 3.64. The Labute approximate surface area is 182 Å². The van der Waals surface area contributed by atoms with Crippen LogP contribution in [0.25, 0.3) is 10.9 Å². The Morgan fingerprint density at radius 2 is 1.97 bits per heavy atom. The summed E-state index contributed by atoms with van der Waals surface area (Å²) in [5, 5.41) is 14.2. The summed E-state index contributed by atoms with van der Waals surface area (Å²) >= 11 is 0. The zero-order valence-electron chi connectivity index (χ0n) is 17.0. The van der Waals surface area contributed by atoms with Gasteiger partial charge >= 0.3 is 5.97 Å². The second-order valence-electron chi connectivity index (χ2n) is 7.34. The number of nitrogens with zero attached hydrogens (tertiary/aromatic N) is 2. The number of carboxylic acids is 1. The van der Waals surface area contributed by atoms with Crippen LogP contribution in [0.1, 0.15) is 23.3 Å². The minimum Gasteiger partial charge on any atom is -0.487 e. The molecule has 1 unspecified atom stereocenters. The minimum absolute atomic E-state index is 0.0408. The molecule has 174 valence electrons. The first-order valence-electron chi connectivity index (χ1n) is 9.67. The van der Waals surface area contributed by atoms with Crippen LogP contribution in [0.4, 0.5) is 34.8 Å². The van der Waals surface area contributed by atoms with Gasteiger partial charge in [0.05, 0.1) is 22.6 Å². The topological polar surface area (TPSA) is 132 Å². The fourth-order valence-electron chi connectivity index (χ4n) is 3.60. The number of hydrogen-bond acceptors (Lipinski definition) is 7. The number of anilines is 3. The Morgan fingerprint density at radius 1 is 1.27 bits per heavy atom. The second kappa shape index (κ2) is 8.15. The lowest BCUT2D eigenvalue weighted by Gasteiger charge is -2.29. The average molecular weight is 467 g/mol. The van der Waals surface area contributed by atoms with Gasteiger partial charge < -0.3 is 30.8 Å². The molecule has 1 aliphatic rings. The fourth-order valence-corrected chi connectivity index (χ4v) is 3.60. The van der Waals surface area contributed by atoms with Crippen molar-refractivity contribution in [2.75, 3.05) is 36.1 Å². The van der Waals surface area contributed by atoms with Crippen molar-refractivity contribution >= 4 is 34.1 Å². The number of aromatic carboxylic acids is 1. The molecule has 0 fully saturated rings. The van der Waals surface area contributed by atoms with Gasteiger partial charge in [0.1, 0.15) is 17.9 Å². The van der Waals surface area contributed by atoms with Crippen LogP contribution in [0.2, 0.25) is 0 Å². The maximum absolute atomic E-state index is 15.1. The molecule has 5 N–H and O–H groups in total. The van der Waals surface area contributed by atoms with E-state index in [9.17, 15) is 27.9 Å². The summed E-state index contributed by atoms with van der Waals surface area (Å²) in [5.74, 6) is -7.11. The average Bonchev–Trinajstić information content (AvgIpc) is 2.76. The predicted octanol–water partition coefficient (Wildman–Crippen LogP) is 2.71. The molecular formula is C20H17F4N5O4. The van der Waals surface area contributed by atoms with Gasteiger partial charge in [0, 0.05) is 25.4 Å². The zero-order valence-corrected chi connectivity index (χ0v) is 17.0. The van der Waals surface area contributed by atoms with E-state index < -0.39 is 51.9 Å². The Morgan fingerprint density at radius 3 is 2.67 bits per heavy atom. The third-order valence-electron chi connectivity index (χ3n) is 5.18. The quantitative estimate of drug-likeness (QED) is 0.188. The highest BCUT2D eigenvalue weighted by molar-refractivity contribution is 6.03. The summed E-state index contributed by atoms with van der Waals surface area (Å²) in [4.78, 5) is 27.3. The Balaban J connectivity index is 1.69. The van der Waals surface area contributed by atoms with E-state index in [1.807, 2.05) is 0 Å². The number of carboxylic acid groups (broad SMARTS) is 1. The highest BCUT2D eigenvalue weighted by atomic mass is 19.2. The summed E-state index contributed by atoms with van der Waals surface area (Å²) in [6.45, 7) is 1.63. The molecule has 0 amide bonds. The molecule has 0 spiro atoms. The number of aromatic nitrogens is 2. The normalized spacial score (nSPS) is 14.8. The van der Waals surface area contributed by atoms with Crippen molar-refractivity contribution in [1.82, 2.24) is 9.55 Å². The lowest BCUT2D eigenvalue weighted by molar-refractivity contribution is 0.0694. The maximum atomic E-state index is 15.1. The summed E-state index contributed by atoms with van der Waals surface area (Å²) in [6, 6.07) is -0.0357. The molecule has 1 aromatic carbocycles. The van der Waals surface area contributed by atoms with Crippen LogP contribution < -0.4 is 26.5 Å². The lowest BCUT2D eigenvalue weighted by atomic mass is 10.0. The van der Waals surface area contributed by atoms with Crippen LogP contribution in [-0.2, 0) is 0 Å². The number of rotatable bonds is 6. The Kier molecular flexibility index (Phi) is 5.47. The van der Waals surface area contributed by atoms with Gasteiger partial charge in [0.2, 0.25) is 5.43 Å². The van der Waals surface area contributed by atoms with Crippen LogP contribution in [0.15, 0.2) is 17.1 Å². The molecule has 4 rings (SSSR count). The van der Waals surface area contributed by atoms with E-state index in [1.165, 1.54) is 4.57 Å². The highest BCUT2D eigenvalue weighted by Gasteiger charge is 2.30. The molecule has 1 aliphatic heterocycles.